The van der Waals surface area contributed by atoms with Crippen LogP contribution in [0.4, 0.5) is 17.6 Å². The van der Waals surface area contributed by atoms with E-state index in [4.69, 9.17) is 0 Å². The van der Waals surface area contributed by atoms with Gasteiger partial charge in [-0.25, -0.2) is 9.97 Å². The summed E-state index contributed by atoms with van der Waals surface area (Å²) in [7, 11) is 0. The number of aromatic amines is 2. The quantitative estimate of drug-likeness (QED) is 0.337. The summed E-state index contributed by atoms with van der Waals surface area (Å²) in [6.07, 6.45) is 3.29. The molecule has 31 heavy (non-hydrogen) atoms. The number of imidazole rings is 1. The molecule has 5 rings (SSSR count). The Bertz CT molecular complexity index is 1430. The summed E-state index contributed by atoms with van der Waals surface area (Å²) in [5.41, 5.74) is 3.08. The third kappa shape index (κ3) is 4.05. The van der Waals surface area contributed by atoms with Crippen molar-refractivity contribution >= 4 is 45.9 Å². The highest BCUT2D eigenvalue weighted by molar-refractivity contribution is 7.12. The minimum absolute atomic E-state index is 0.225. The Kier molecular flexibility index (Phi) is 4.73. The molecule has 0 radical (unpaired) electrons. The van der Waals surface area contributed by atoms with Crippen molar-refractivity contribution in [1.82, 2.24) is 24.9 Å². The van der Waals surface area contributed by atoms with E-state index in [1.165, 1.54) is 17.4 Å². The van der Waals surface area contributed by atoms with E-state index in [-0.39, 0.29) is 11.5 Å². The molecule has 0 bridgehead atoms. The molecule has 0 fully saturated rings. The van der Waals surface area contributed by atoms with E-state index < -0.39 is 0 Å². The monoisotopic (exact) mass is 429 g/mol. The third-order valence-corrected chi connectivity index (χ3v) is 5.31. The molecule has 0 aliphatic rings. The van der Waals surface area contributed by atoms with Crippen LogP contribution in [0.25, 0.3) is 22.3 Å². The molecule has 0 aliphatic heterocycles. The van der Waals surface area contributed by atoms with Gasteiger partial charge in [0, 0.05) is 29.7 Å². The van der Waals surface area contributed by atoms with Crippen LogP contribution in [0.1, 0.15) is 9.67 Å². The maximum Gasteiger partial charge on any atom is 0.268 e. The summed E-state index contributed by atoms with van der Waals surface area (Å²) >= 11 is 1.36. The van der Waals surface area contributed by atoms with E-state index in [1.807, 2.05) is 29.6 Å². The van der Waals surface area contributed by atoms with Gasteiger partial charge in [0.1, 0.15) is 0 Å². The Morgan fingerprint density at radius 2 is 1.84 bits per heavy atom. The zero-order valence-corrected chi connectivity index (χ0v) is 16.7. The summed E-state index contributed by atoms with van der Waals surface area (Å²) in [5, 5.41) is 7.65. The van der Waals surface area contributed by atoms with Gasteiger partial charge in [-0.05, 0) is 35.7 Å². The minimum atomic E-state index is -0.285. The van der Waals surface area contributed by atoms with Gasteiger partial charge in [-0.1, -0.05) is 12.1 Å². The molecule has 1 amide bonds. The fourth-order valence-corrected chi connectivity index (χ4v) is 3.66. The first-order valence-electron chi connectivity index (χ1n) is 9.27. The smallest absolute Gasteiger partial charge is 0.268 e. The topological polar surface area (TPSA) is 128 Å². The molecular weight excluding hydrogens is 414 g/mol. The Morgan fingerprint density at radius 3 is 2.65 bits per heavy atom. The fourth-order valence-electron chi connectivity index (χ4n) is 3.04. The predicted molar refractivity (Wildman–Crippen MR) is 120 cm³/mol. The molecule has 152 valence electrons. The number of anilines is 3. The van der Waals surface area contributed by atoms with E-state index in [9.17, 15) is 9.59 Å². The number of carbonyl (C=O) groups excluding carboxylic acids is 1. The number of hydrogen-bond acceptors (Lipinski definition) is 7. The van der Waals surface area contributed by atoms with Gasteiger partial charge in [-0.3, -0.25) is 24.9 Å². The van der Waals surface area contributed by atoms with Crippen molar-refractivity contribution in [3.05, 3.63) is 81.5 Å². The number of carbonyl (C=O) groups is 1. The van der Waals surface area contributed by atoms with Crippen LogP contribution in [0.5, 0.6) is 0 Å². The van der Waals surface area contributed by atoms with Gasteiger partial charge in [-0.2, -0.15) is 0 Å². The Hall–Kier alpha value is -4.31. The number of H-pyrrole nitrogens is 2. The SMILES string of the molecule is O=C(Nc1nc2cc(-c3cc(=O)[nH]c(Nc4ccncc4)n3)ccc2[nH]1)c1cccs1. The number of rotatable bonds is 5. The van der Waals surface area contributed by atoms with Crippen LogP contribution < -0.4 is 16.2 Å². The molecule has 0 aliphatic carbocycles. The van der Waals surface area contributed by atoms with Crippen LogP contribution in [0.3, 0.4) is 0 Å². The van der Waals surface area contributed by atoms with Crippen LogP contribution in [-0.4, -0.2) is 30.8 Å². The lowest BCUT2D eigenvalue weighted by Gasteiger charge is -2.07. The van der Waals surface area contributed by atoms with Crippen molar-refractivity contribution < 1.29 is 4.79 Å². The molecule has 4 aromatic heterocycles. The van der Waals surface area contributed by atoms with Gasteiger partial charge >= 0.3 is 0 Å². The third-order valence-electron chi connectivity index (χ3n) is 4.44. The van der Waals surface area contributed by atoms with E-state index in [0.29, 0.717) is 28.0 Å². The maximum atomic E-state index is 12.2. The molecule has 0 unspecified atom stereocenters. The summed E-state index contributed by atoms with van der Waals surface area (Å²) < 4.78 is 0. The molecule has 0 atom stereocenters. The second-order valence-electron chi connectivity index (χ2n) is 6.59. The lowest BCUT2D eigenvalue weighted by Crippen LogP contribution is -2.11. The number of nitrogens with zero attached hydrogens (tertiary/aromatic N) is 3. The van der Waals surface area contributed by atoms with Gasteiger partial charge in [-0.15, -0.1) is 11.3 Å². The molecule has 4 N–H and O–H groups in total. The van der Waals surface area contributed by atoms with Gasteiger partial charge in [0.2, 0.25) is 11.9 Å². The van der Waals surface area contributed by atoms with Crippen molar-refractivity contribution in [2.45, 2.75) is 0 Å². The van der Waals surface area contributed by atoms with Crippen LogP contribution in [0.15, 0.2) is 71.1 Å². The Labute approximate surface area is 179 Å². The zero-order valence-electron chi connectivity index (χ0n) is 15.9. The summed E-state index contributed by atoms with van der Waals surface area (Å²) in [4.78, 5) is 43.7. The van der Waals surface area contributed by atoms with Gasteiger partial charge in [0.25, 0.3) is 11.5 Å². The van der Waals surface area contributed by atoms with E-state index in [0.717, 1.165) is 16.8 Å². The minimum Gasteiger partial charge on any atom is -0.326 e. The molecular formula is C21H15N7O2S. The number of benzene rings is 1. The van der Waals surface area contributed by atoms with Crippen LogP contribution in [0, 0.1) is 0 Å². The summed E-state index contributed by atoms with van der Waals surface area (Å²) in [6, 6.07) is 14.0. The van der Waals surface area contributed by atoms with E-state index >= 15 is 0 Å². The lowest BCUT2D eigenvalue weighted by atomic mass is 10.1. The first-order chi connectivity index (χ1) is 15.1. The zero-order chi connectivity index (χ0) is 21.2. The standard InChI is InChI=1S/C21H15N7O2S/c29-18-11-15(25-20(27-18)23-13-5-7-22-8-6-13)12-3-4-14-16(10-12)26-21(24-14)28-19(30)17-2-1-9-31-17/h1-11H,(H2,24,26,28,30)(H2,22,23,25,27,29). The number of nitrogens with one attached hydrogen (secondary N) is 4. The molecule has 9 nitrogen and oxygen atoms in total. The van der Waals surface area contributed by atoms with Crippen molar-refractivity contribution in [2.75, 3.05) is 10.6 Å². The number of aromatic nitrogens is 5. The van der Waals surface area contributed by atoms with E-state index in [1.54, 1.807) is 30.6 Å². The van der Waals surface area contributed by atoms with Crippen LogP contribution >= 0.6 is 11.3 Å². The number of pyridine rings is 1. The molecule has 4 heterocycles. The lowest BCUT2D eigenvalue weighted by molar-refractivity contribution is 0.103. The molecule has 5 aromatic rings. The first kappa shape index (κ1) is 18.7. The Balaban J connectivity index is 1.43. The van der Waals surface area contributed by atoms with Gasteiger partial charge in [0.15, 0.2) is 0 Å². The van der Waals surface area contributed by atoms with Crippen molar-refractivity contribution in [1.29, 1.82) is 0 Å². The highest BCUT2D eigenvalue weighted by Gasteiger charge is 2.12. The number of amides is 1. The number of hydrogen-bond donors (Lipinski definition) is 4. The van der Waals surface area contributed by atoms with Crippen molar-refractivity contribution in [3.8, 4) is 11.3 Å². The summed E-state index contributed by atoms with van der Waals surface area (Å²) in [6.45, 7) is 0. The second kappa shape index (κ2) is 7.84. The molecule has 0 spiro atoms. The maximum absolute atomic E-state index is 12.2. The number of fused-ring (bicyclic) bond motifs is 1. The average molecular weight is 429 g/mol. The summed E-state index contributed by atoms with van der Waals surface area (Å²) in [5.74, 6) is 0.446. The molecule has 0 saturated carbocycles. The first-order valence-corrected chi connectivity index (χ1v) is 10.2. The van der Waals surface area contributed by atoms with Gasteiger partial charge < -0.3 is 10.3 Å². The second-order valence-corrected chi connectivity index (χ2v) is 7.54. The fraction of sp³-hybridized carbons (Fsp3) is 0. The number of thiophene rings is 1. The van der Waals surface area contributed by atoms with Crippen LogP contribution in [0.2, 0.25) is 0 Å². The molecule has 1 aromatic carbocycles. The van der Waals surface area contributed by atoms with Gasteiger partial charge in [0.05, 0.1) is 21.6 Å². The van der Waals surface area contributed by atoms with Crippen molar-refractivity contribution in [3.63, 3.8) is 0 Å². The van der Waals surface area contributed by atoms with Crippen molar-refractivity contribution in [2.24, 2.45) is 0 Å². The van der Waals surface area contributed by atoms with Crippen LogP contribution in [-0.2, 0) is 0 Å². The highest BCUT2D eigenvalue weighted by Crippen LogP contribution is 2.24. The molecule has 0 saturated heterocycles. The largest absolute Gasteiger partial charge is 0.326 e. The highest BCUT2D eigenvalue weighted by atomic mass is 32.1. The molecule has 10 heteroatoms. The average Bonchev–Trinajstić information content (AvgIpc) is 3.43. The normalized spacial score (nSPS) is 10.8. The predicted octanol–water partition coefficient (Wildman–Crippen LogP) is 3.77. The Morgan fingerprint density at radius 1 is 0.968 bits per heavy atom. The van der Waals surface area contributed by atoms with E-state index in [2.05, 4.69) is 35.6 Å².